The molecule has 1 saturated carbocycles. The highest BCUT2D eigenvalue weighted by Gasteiger charge is 2.19. The fourth-order valence-electron chi connectivity index (χ4n) is 2.09. The van der Waals surface area contributed by atoms with E-state index in [0.717, 1.165) is 19.4 Å². The molecule has 0 aliphatic heterocycles. The standard InChI is InChI=1S/C13H26N2OS/c1-10(17-3)9-14-11(2)13(16)15-12-7-5-4-6-8-12/h10-12,14H,4-9H2,1-3H3,(H,15,16). The summed E-state index contributed by atoms with van der Waals surface area (Å²) >= 11 is 1.82. The molecule has 3 nitrogen and oxygen atoms in total. The van der Waals surface area contributed by atoms with Crippen LogP contribution in [0.3, 0.4) is 0 Å². The van der Waals surface area contributed by atoms with Crippen molar-refractivity contribution in [3.63, 3.8) is 0 Å². The van der Waals surface area contributed by atoms with Gasteiger partial charge in [0.2, 0.25) is 5.91 Å². The van der Waals surface area contributed by atoms with Crippen LogP contribution in [0.1, 0.15) is 46.0 Å². The van der Waals surface area contributed by atoms with Crippen molar-refractivity contribution in [3.8, 4) is 0 Å². The summed E-state index contributed by atoms with van der Waals surface area (Å²) in [7, 11) is 0. The summed E-state index contributed by atoms with van der Waals surface area (Å²) in [6.07, 6.45) is 8.25. The van der Waals surface area contributed by atoms with Gasteiger partial charge in [0.25, 0.3) is 0 Å². The molecule has 0 heterocycles. The lowest BCUT2D eigenvalue weighted by Gasteiger charge is -2.25. The Morgan fingerprint density at radius 2 is 1.94 bits per heavy atom. The van der Waals surface area contributed by atoms with E-state index in [1.165, 1.54) is 19.3 Å². The smallest absolute Gasteiger partial charge is 0.237 e. The van der Waals surface area contributed by atoms with Crippen molar-refractivity contribution in [3.05, 3.63) is 0 Å². The Labute approximate surface area is 109 Å². The Bertz CT molecular complexity index is 229. The van der Waals surface area contributed by atoms with Crippen molar-refractivity contribution in [1.82, 2.24) is 10.6 Å². The van der Waals surface area contributed by atoms with Crippen molar-refractivity contribution in [2.24, 2.45) is 0 Å². The zero-order valence-corrected chi connectivity index (χ0v) is 12.1. The van der Waals surface area contributed by atoms with Gasteiger partial charge in [0, 0.05) is 17.8 Å². The molecule has 1 amide bonds. The third-order valence-corrected chi connectivity index (χ3v) is 4.43. The van der Waals surface area contributed by atoms with Crippen LogP contribution in [0.5, 0.6) is 0 Å². The molecule has 0 saturated heterocycles. The highest BCUT2D eigenvalue weighted by molar-refractivity contribution is 7.99. The average molecular weight is 258 g/mol. The molecule has 1 rings (SSSR count). The van der Waals surface area contributed by atoms with Crippen molar-refractivity contribution in [1.29, 1.82) is 0 Å². The first-order valence-electron chi connectivity index (χ1n) is 6.70. The van der Waals surface area contributed by atoms with Crippen molar-refractivity contribution >= 4 is 17.7 Å². The maximum absolute atomic E-state index is 11.9. The van der Waals surface area contributed by atoms with Crippen LogP contribution >= 0.6 is 11.8 Å². The van der Waals surface area contributed by atoms with Crippen LogP contribution in [0, 0.1) is 0 Å². The first-order valence-corrected chi connectivity index (χ1v) is 7.99. The van der Waals surface area contributed by atoms with Crippen LogP contribution in [-0.4, -0.2) is 36.0 Å². The normalized spacial score (nSPS) is 20.9. The number of amides is 1. The highest BCUT2D eigenvalue weighted by Crippen LogP contribution is 2.17. The molecule has 0 aromatic rings. The van der Waals surface area contributed by atoms with Gasteiger partial charge in [-0.15, -0.1) is 0 Å². The number of thioether (sulfide) groups is 1. The molecule has 0 spiro atoms. The highest BCUT2D eigenvalue weighted by atomic mass is 32.2. The maximum Gasteiger partial charge on any atom is 0.237 e. The van der Waals surface area contributed by atoms with Gasteiger partial charge in [-0.25, -0.2) is 0 Å². The van der Waals surface area contributed by atoms with E-state index in [2.05, 4.69) is 23.8 Å². The molecule has 1 fully saturated rings. The fourth-order valence-corrected chi connectivity index (χ4v) is 2.35. The van der Waals surface area contributed by atoms with Crippen LogP contribution in [0.4, 0.5) is 0 Å². The van der Waals surface area contributed by atoms with Crippen molar-refractivity contribution in [2.75, 3.05) is 12.8 Å². The van der Waals surface area contributed by atoms with Gasteiger partial charge < -0.3 is 10.6 Å². The zero-order valence-electron chi connectivity index (χ0n) is 11.3. The van der Waals surface area contributed by atoms with Crippen LogP contribution < -0.4 is 10.6 Å². The molecule has 2 atom stereocenters. The Kier molecular flexibility index (Phi) is 6.97. The Morgan fingerprint density at radius 3 is 2.53 bits per heavy atom. The quantitative estimate of drug-likeness (QED) is 0.767. The SMILES string of the molecule is CSC(C)CNC(C)C(=O)NC1CCCCC1. The minimum Gasteiger partial charge on any atom is -0.352 e. The van der Waals surface area contributed by atoms with Gasteiger partial charge >= 0.3 is 0 Å². The summed E-state index contributed by atoms with van der Waals surface area (Å²) in [5, 5.41) is 7.00. The van der Waals surface area contributed by atoms with E-state index >= 15 is 0 Å². The maximum atomic E-state index is 11.9. The predicted molar refractivity (Wildman–Crippen MR) is 75.5 cm³/mol. The van der Waals surface area contributed by atoms with E-state index in [4.69, 9.17) is 0 Å². The van der Waals surface area contributed by atoms with E-state index in [-0.39, 0.29) is 11.9 Å². The van der Waals surface area contributed by atoms with Crippen LogP contribution in [0.15, 0.2) is 0 Å². The molecule has 0 bridgehead atoms. The molecule has 100 valence electrons. The summed E-state index contributed by atoms with van der Waals surface area (Å²) in [6.45, 7) is 5.01. The van der Waals surface area contributed by atoms with Gasteiger partial charge in [0.1, 0.15) is 0 Å². The molecular formula is C13H26N2OS. The monoisotopic (exact) mass is 258 g/mol. The van der Waals surface area contributed by atoms with Gasteiger partial charge in [-0.3, -0.25) is 4.79 Å². The molecule has 2 unspecified atom stereocenters. The molecule has 0 radical (unpaired) electrons. The van der Waals surface area contributed by atoms with Gasteiger partial charge in [0.05, 0.1) is 6.04 Å². The number of hydrogen-bond donors (Lipinski definition) is 2. The van der Waals surface area contributed by atoms with Gasteiger partial charge in [-0.05, 0) is 26.0 Å². The third-order valence-electron chi connectivity index (χ3n) is 3.46. The van der Waals surface area contributed by atoms with Crippen molar-refractivity contribution in [2.45, 2.75) is 63.3 Å². The van der Waals surface area contributed by atoms with E-state index in [9.17, 15) is 4.79 Å². The first-order chi connectivity index (χ1) is 8.13. The number of hydrogen-bond acceptors (Lipinski definition) is 3. The summed E-state index contributed by atoms with van der Waals surface area (Å²) in [5.74, 6) is 0.158. The Morgan fingerprint density at radius 1 is 1.29 bits per heavy atom. The molecule has 0 aromatic carbocycles. The van der Waals surface area contributed by atoms with Gasteiger partial charge in [-0.1, -0.05) is 26.2 Å². The van der Waals surface area contributed by atoms with E-state index in [1.54, 1.807) is 0 Å². The minimum atomic E-state index is -0.0773. The average Bonchev–Trinajstić information content (AvgIpc) is 2.36. The number of carbonyl (C=O) groups is 1. The van der Waals surface area contributed by atoms with E-state index < -0.39 is 0 Å². The molecule has 1 aliphatic carbocycles. The molecule has 17 heavy (non-hydrogen) atoms. The Hall–Kier alpha value is -0.220. The first kappa shape index (κ1) is 14.8. The molecule has 2 N–H and O–H groups in total. The lowest BCUT2D eigenvalue weighted by molar-refractivity contribution is -0.123. The lowest BCUT2D eigenvalue weighted by Crippen LogP contribution is -2.47. The number of carbonyl (C=O) groups excluding carboxylic acids is 1. The van der Waals surface area contributed by atoms with E-state index in [1.807, 2.05) is 18.7 Å². The van der Waals surface area contributed by atoms with Gasteiger partial charge in [0.15, 0.2) is 0 Å². The molecular weight excluding hydrogens is 232 g/mol. The topological polar surface area (TPSA) is 41.1 Å². The fraction of sp³-hybridized carbons (Fsp3) is 0.923. The van der Waals surface area contributed by atoms with Crippen LogP contribution in [0.25, 0.3) is 0 Å². The number of nitrogens with one attached hydrogen (secondary N) is 2. The second kappa shape index (κ2) is 7.98. The summed E-state index contributed by atoms with van der Waals surface area (Å²) < 4.78 is 0. The lowest BCUT2D eigenvalue weighted by atomic mass is 9.95. The molecule has 0 aromatic heterocycles. The van der Waals surface area contributed by atoms with Gasteiger partial charge in [-0.2, -0.15) is 11.8 Å². The minimum absolute atomic E-state index is 0.0773. The zero-order chi connectivity index (χ0) is 12.7. The Balaban J connectivity index is 2.21. The molecule has 4 heteroatoms. The predicted octanol–water partition coefficient (Wildman–Crippen LogP) is 2.16. The van der Waals surface area contributed by atoms with Crippen LogP contribution in [-0.2, 0) is 4.79 Å². The largest absolute Gasteiger partial charge is 0.352 e. The number of rotatable bonds is 6. The second-order valence-electron chi connectivity index (χ2n) is 5.02. The summed E-state index contributed by atoms with van der Waals surface area (Å²) in [6, 6.07) is 0.338. The van der Waals surface area contributed by atoms with Crippen molar-refractivity contribution < 1.29 is 4.79 Å². The van der Waals surface area contributed by atoms with Crippen LogP contribution in [0.2, 0.25) is 0 Å². The second-order valence-corrected chi connectivity index (χ2v) is 6.30. The summed E-state index contributed by atoms with van der Waals surface area (Å²) in [4.78, 5) is 11.9. The third kappa shape index (κ3) is 5.77. The van der Waals surface area contributed by atoms with E-state index in [0.29, 0.717) is 11.3 Å². The molecule has 1 aliphatic rings. The summed E-state index contributed by atoms with van der Waals surface area (Å²) in [5.41, 5.74) is 0.